The molecular formula is C78H97N3O8S. The molecule has 1 aliphatic rings. The molecule has 0 spiro atoms. The second-order valence-electron chi connectivity index (χ2n) is 21.7. The van der Waals surface area contributed by atoms with E-state index >= 15 is 0 Å². The van der Waals surface area contributed by atoms with Crippen LogP contribution < -0.4 is 30.2 Å². The Morgan fingerprint density at radius 1 is 0.489 bits per heavy atom. The van der Waals surface area contributed by atoms with E-state index in [9.17, 15) is 24.0 Å². The molecule has 0 radical (unpaired) electrons. The number of fused-ring (bicyclic) bond motifs is 1. The van der Waals surface area contributed by atoms with Crippen molar-refractivity contribution in [3.05, 3.63) is 224 Å². The highest BCUT2D eigenvalue weighted by Crippen LogP contribution is 2.42. The number of ketones is 1. The van der Waals surface area contributed by atoms with Crippen LogP contribution in [-0.4, -0.2) is 61.8 Å². The van der Waals surface area contributed by atoms with Crippen molar-refractivity contribution in [3.8, 4) is 27.7 Å². The summed E-state index contributed by atoms with van der Waals surface area (Å²) in [5, 5.41) is 9.88. The van der Waals surface area contributed by atoms with Gasteiger partial charge in [0, 0.05) is 58.1 Å². The molecule has 90 heavy (non-hydrogen) atoms. The van der Waals surface area contributed by atoms with Gasteiger partial charge in [0.1, 0.15) is 17.2 Å². The smallest absolute Gasteiger partial charge is 0.312 e. The summed E-state index contributed by atoms with van der Waals surface area (Å²) in [5.74, 6) is -0.124. The second kappa shape index (κ2) is 46.9. The number of hydrogen-bond acceptors (Lipinski definition) is 10. The molecule has 2 amide bonds. The number of amides is 2. The van der Waals surface area contributed by atoms with Crippen molar-refractivity contribution in [2.75, 3.05) is 26.2 Å². The van der Waals surface area contributed by atoms with E-state index < -0.39 is 11.9 Å². The van der Waals surface area contributed by atoms with E-state index in [2.05, 4.69) is 163 Å². The van der Waals surface area contributed by atoms with Crippen molar-refractivity contribution in [2.24, 2.45) is 0 Å². The lowest BCUT2D eigenvalue weighted by Crippen LogP contribution is -2.35. The predicted molar refractivity (Wildman–Crippen MR) is 374 cm³/mol. The minimum Gasteiger partial charge on any atom is -0.494 e. The summed E-state index contributed by atoms with van der Waals surface area (Å²) in [4.78, 5) is 66.3. The number of esters is 2. The van der Waals surface area contributed by atoms with Crippen LogP contribution in [0.3, 0.4) is 0 Å². The van der Waals surface area contributed by atoms with E-state index in [1.807, 2.05) is 24.3 Å². The maximum atomic E-state index is 14.6. The molecule has 3 N–H and O–H groups in total. The molecule has 1 aliphatic heterocycles. The lowest BCUT2D eigenvalue weighted by atomic mass is 9.97. The molecule has 1 fully saturated rings. The van der Waals surface area contributed by atoms with Crippen molar-refractivity contribution in [3.63, 3.8) is 0 Å². The van der Waals surface area contributed by atoms with E-state index in [0.29, 0.717) is 77.0 Å². The fourth-order valence-electron chi connectivity index (χ4n) is 9.44. The van der Waals surface area contributed by atoms with E-state index in [4.69, 9.17) is 14.2 Å². The first kappa shape index (κ1) is 72.6. The van der Waals surface area contributed by atoms with E-state index in [1.165, 1.54) is 24.2 Å². The molecule has 1 aromatic heterocycles. The lowest BCUT2D eigenvalue weighted by Gasteiger charge is -2.23. The van der Waals surface area contributed by atoms with Gasteiger partial charge in [0.2, 0.25) is 11.8 Å². The van der Waals surface area contributed by atoms with Gasteiger partial charge in [0.25, 0.3) is 0 Å². The summed E-state index contributed by atoms with van der Waals surface area (Å²) in [7, 11) is 0. The van der Waals surface area contributed by atoms with Crippen molar-refractivity contribution < 1.29 is 38.2 Å². The van der Waals surface area contributed by atoms with Crippen molar-refractivity contribution in [1.82, 2.24) is 16.0 Å². The molecule has 4 aromatic rings. The summed E-state index contributed by atoms with van der Waals surface area (Å²) < 4.78 is 18.2. The molecule has 11 nitrogen and oxygen atoms in total. The van der Waals surface area contributed by atoms with Gasteiger partial charge in [0.05, 0.1) is 19.4 Å². The summed E-state index contributed by atoms with van der Waals surface area (Å²) >= 11 is 1.39. The number of thiophene rings is 1. The average Bonchev–Trinajstić information content (AvgIpc) is 1.69. The molecule has 2 heterocycles. The first-order valence-electron chi connectivity index (χ1n) is 32.7. The number of hydrogen-bond donors (Lipinski definition) is 3. The molecule has 12 heteroatoms. The van der Waals surface area contributed by atoms with Gasteiger partial charge in [-0.3, -0.25) is 24.0 Å². The molecule has 3 aromatic carbocycles. The SMILES string of the molecule is CC/C=C\C/C=C\C/C=C\C/C=C\C/C=C\C/C=C\CCC(=O)NCCC(=O)Oc1ccc(-c2sc3cc(OC(=O)CCNC(=O)CC/C=C\C/C=C\C/C=C\C/C=C\C/C=C\C/C=C\CC)ccc3c2C(=O)c2ccc(OCCC3CCCCN3)cc2)cc1. The number of piperidine rings is 1. The summed E-state index contributed by atoms with van der Waals surface area (Å²) in [6.45, 7) is 6.19. The predicted octanol–water partition coefficient (Wildman–Crippen LogP) is 18.5. The highest BCUT2D eigenvalue weighted by molar-refractivity contribution is 7.22. The zero-order valence-corrected chi connectivity index (χ0v) is 54.2. The van der Waals surface area contributed by atoms with Crippen LogP contribution >= 0.6 is 11.3 Å². The Morgan fingerprint density at radius 3 is 1.36 bits per heavy atom. The fourth-order valence-corrected chi connectivity index (χ4v) is 10.7. The summed E-state index contributed by atoms with van der Waals surface area (Å²) in [5.41, 5.74) is 1.70. The number of rotatable bonds is 43. The number of ether oxygens (including phenoxy) is 3. The molecule has 478 valence electrons. The van der Waals surface area contributed by atoms with Crippen LogP contribution in [-0.2, 0) is 19.2 Å². The van der Waals surface area contributed by atoms with Crippen molar-refractivity contribution in [1.29, 1.82) is 0 Å². The number of nitrogens with one attached hydrogen (secondary N) is 3. The Hall–Kier alpha value is -8.19. The Bertz CT molecular complexity index is 3140. The third-order valence-electron chi connectivity index (χ3n) is 14.3. The van der Waals surface area contributed by atoms with Crippen LogP contribution in [0.25, 0.3) is 20.5 Å². The minimum absolute atomic E-state index is 0.00278. The highest BCUT2D eigenvalue weighted by Gasteiger charge is 2.23. The largest absolute Gasteiger partial charge is 0.494 e. The Labute approximate surface area is 541 Å². The zero-order valence-electron chi connectivity index (χ0n) is 53.3. The number of benzene rings is 3. The van der Waals surface area contributed by atoms with Crippen LogP contribution in [0.1, 0.15) is 171 Å². The summed E-state index contributed by atoms with van der Waals surface area (Å²) in [6, 6.07) is 19.9. The molecular weight excluding hydrogens is 1140 g/mol. The van der Waals surface area contributed by atoms with Gasteiger partial charge < -0.3 is 30.2 Å². The lowest BCUT2D eigenvalue weighted by molar-refractivity contribution is -0.135. The van der Waals surface area contributed by atoms with Crippen molar-refractivity contribution in [2.45, 2.75) is 161 Å². The molecule has 1 atom stereocenters. The first-order valence-corrected chi connectivity index (χ1v) is 33.5. The zero-order chi connectivity index (χ0) is 63.7. The minimum atomic E-state index is -0.499. The normalized spacial score (nSPS) is 14.2. The van der Waals surface area contributed by atoms with Crippen LogP contribution in [0.4, 0.5) is 0 Å². The number of carbonyl (C=O) groups excluding carboxylic acids is 5. The van der Waals surface area contributed by atoms with Gasteiger partial charge in [-0.2, -0.15) is 0 Å². The number of allylic oxidation sites excluding steroid dienone is 24. The Balaban J connectivity index is 1.06. The van der Waals surface area contributed by atoms with Gasteiger partial charge in [-0.1, -0.05) is 166 Å². The maximum absolute atomic E-state index is 14.6. The monoisotopic (exact) mass is 1240 g/mol. The standard InChI is InChI=1S/C78H97N3O8S/c1-3-5-7-9-11-13-15-17-19-21-23-25-27-29-31-33-35-37-39-44-72(82)80-60-56-74(84)88-68-52-48-65(49-53-68)78-76(77(86)64-46-50-67(51-47-64)87-62-58-66-43-41-42-59-79-66)70-55-54-69(63-71(70)90-78)89-75(85)57-61-81-73(83)45-40-38-36-34-32-30-28-26-24-22-20-18-16-14-12-10-8-6-4-2/h5-8,11-14,17-20,23-26,29-32,35-38,46-55,63,66,79H,3-4,9-10,15-16,21-22,27-28,33-34,39-45,56-62H2,1-2H3,(H,80,82)(H,81,83)/b7-5-,8-6-,13-11-,14-12-,19-17-,20-18-,25-23-,26-24-,31-29-,32-30-,37-35-,38-36-. The molecule has 0 bridgehead atoms. The highest BCUT2D eigenvalue weighted by atomic mass is 32.1. The third-order valence-corrected chi connectivity index (χ3v) is 15.5. The molecule has 5 rings (SSSR count). The Morgan fingerprint density at radius 2 is 0.911 bits per heavy atom. The van der Waals surface area contributed by atoms with Crippen molar-refractivity contribution >= 4 is 51.0 Å². The Kier molecular flexibility index (Phi) is 37.8. The molecule has 1 saturated heterocycles. The second-order valence-corrected chi connectivity index (χ2v) is 22.7. The van der Waals surface area contributed by atoms with Gasteiger partial charge >= 0.3 is 11.9 Å². The first-order chi connectivity index (χ1) is 44.2. The van der Waals surface area contributed by atoms with Crippen LogP contribution in [0.5, 0.6) is 17.2 Å². The summed E-state index contributed by atoms with van der Waals surface area (Å²) in [6.07, 6.45) is 69.2. The van der Waals surface area contributed by atoms with Gasteiger partial charge in [-0.15, -0.1) is 11.3 Å². The van der Waals surface area contributed by atoms with E-state index in [-0.39, 0.29) is 43.5 Å². The van der Waals surface area contributed by atoms with Gasteiger partial charge in [-0.25, -0.2) is 0 Å². The van der Waals surface area contributed by atoms with Crippen LogP contribution in [0.2, 0.25) is 0 Å². The van der Waals surface area contributed by atoms with Gasteiger partial charge in [0.15, 0.2) is 5.78 Å². The van der Waals surface area contributed by atoms with Gasteiger partial charge in [-0.05, 0) is 188 Å². The molecule has 1 unspecified atom stereocenters. The fraction of sp³-hybridized carbons (Fsp3) is 0.372. The average molecular weight is 1240 g/mol. The van der Waals surface area contributed by atoms with Crippen LogP contribution in [0, 0.1) is 0 Å². The maximum Gasteiger partial charge on any atom is 0.312 e. The quantitative estimate of drug-likeness (QED) is 0.0170. The number of carbonyl (C=O) groups is 5. The third kappa shape index (κ3) is 31.8. The molecule has 0 saturated carbocycles. The van der Waals surface area contributed by atoms with E-state index in [1.54, 1.807) is 54.6 Å². The van der Waals surface area contributed by atoms with E-state index in [0.717, 1.165) is 107 Å². The van der Waals surface area contributed by atoms with Crippen LogP contribution in [0.15, 0.2) is 213 Å². The molecule has 0 aliphatic carbocycles. The topological polar surface area (TPSA) is 149 Å².